The second-order valence-electron chi connectivity index (χ2n) is 4.24. The molecule has 100 valence electrons. The molecule has 0 radical (unpaired) electrons. The van der Waals surface area contributed by atoms with Gasteiger partial charge >= 0.3 is 0 Å². The van der Waals surface area contributed by atoms with E-state index in [9.17, 15) is 4.79 Å². The first-order valence-corrected chi connectivity index (χ1v) is 6.49. The number of aromatic nitrogens is 2. The van der Waals surface area contributed by atoms with Crippen LogP contribution in [0.2, 0.25) is 10.0 Å². The Morgan fingerprint density at radius 3 is 2.74 bits per heavy atom. The molecule has 0 unspecified atom stereocenters. The highest BCUT2D eigenvalue weighted by Crippen LogP contribution is 2.29. The van der Waals surface area contributed by atoms with Crippen molar-refractivity contribution in [1.29, 1.82) is 0 Å². The highest BCUT2D eigenvalue weighted by molar-refractivity contribution is 6.43. The van der Waals surface area contributed by atoms with E-state index in [1.165, 1.54) is 0 Å². The van der Waals surface area contributed by atoms with Gasteiger partial charge in [-0.2, -0.15) is 5.10 Å². The number of H-pyrrole nitrogens is 1. The van der Waals surface area contributed by atoms with E-state index in [1.807, 2.05) is 13.8 Å². The van der Waals surface area contributed by atoms with Gasteiger partial charge in [-0.15, -0.1) is 0 Å². The summed E-state index contributed by atoms with van der Waals surface area (Å²) < 4.78 is 0. The van der Waals surface area contributed by atoms with Gasteiger partial charge in [-0.3, -0.25) is 9.89 Å². The van der Waals surface area contributed by atoms with Crippen molar-refractivity contribution in [2.24, 2.45) is 0 Å². The first-order chi connectivity index (χ1) is 8.99. The fourth-order valence-corrected chi connectivity index (χ4v) is 2.14. The number of hydrogen-bond acceptors (Lipinski definition) is 2. The van der Waals surface area contributed by atoms with E-state index in [-0.39, 0.29) is 12.3 Å². The second kappa shape index (κ2) is 5.63. The van der Waals surface area contributed by atoms with Crippen molar-refractivity contribution in [3.05, 3.63) is 45.2 Å². The zero-order valence-electron chi connectivity index (χ0n) is 10.6. The highest BCUT2D eigenvalue weighted by Gasteiger charge is 2.13. The van der Waals surface area contributed by atoms with Crippen molar-refractivity contribution in [2.75, 3.05) is 5.32 Å². The van der Waals surface area contributed by atoms with Crippen molar-refractivity contribution in [3.8, 4) is 0 Å². The predicted molar refractivity (Wildman–Crippen MR) is 76.9 cm³/mol. The summed E-state index contributed by atoms with van der Waals surface area (Å²) in [5, 5.41) is 10.4. The Balaban J connectivity index is 2.12. The SMILES string of the molecule is Cc1n[nH]c(C)c1CC(=O)Nc1cccc(Cl)c1Cl. The minimum atomic E-state index is -0.156. The molecule has 0 saturated heterocycles. The van der Waals surface area contributed by atoms with Crippen molar-refractivity contribution >= 4 is 34.8 Å². The number of amides is 1. The normalized spacial score (nSPS) is 10.5. The van der Waals surface area contributed by atoms with E-state index < -0.39 is 0 Å². The average Bonchev–Trinajstić information content (AvgIpc) is 2.67. The third kappa shape index (κ3) is 3.08. The van der Waals surface area contributed by atoms with Crippen molar-refractivity contribution < 1.29 is 4.79 Å². The Morgan fingerprint density at radius 2 is 2.11 bits per heavy atom. The molecule has 0 bridgehead atoms. The molecule has 0 fully saturated rings. The molecule has 6 heteroatoms. The Bertz CT molecular complexity index is 603. The number of aromatic amines is 1. The number of rotatable bonds is 3. The molecule has 0 aliphatic heterocycles. The number of aryl methyl sites for hydroxylation is 2. The van der Waals surface area contributed by atoms with Crippen molar-refractivity contribution in [3.63, 3.8) is 0 Å². The molecule has 2 aromatic rings. The summed E-state index contributed by atoms with van der Waals surface area (Å²) in [5.74, 6) is -0.156. The number of anilines is 1. The van der Waals surface area contributed by atoms with E-state index in [4.69, 9.17) is 23.2 Å². The summed E-state index contributed by atoms with van der Waals surface area (Å²) in [5.41, 5.74) is 3.13. The van der Waals surface area contributed by atoms with Crippen LogP contribution in [-0.4, -0.2) is 16.1 Å². The first-order valence-electron chi connectivity index (χ1n) is 5.73. The summed E-state index contributed by atoms with van der Waals surface area (Å²) >= 11 is 11.9. The van der Waals surface area contributed by atoms with Gasteiger partial charge in [0.15, 0.2) is 0 Å². The third-order valence-electron chi connectivity index (χ3n) is 2.84. The monoisotopic (exact) mass is 297 g/mol. The molecule has 0 atom stereocenters. The number of nitrogens with zero attached hydrogens (tertiary/aromatic N) is 1. The molecule has 2 N–H and O–H groups in total. The van der Waals surface area contributed by atoms with Crippen LogP contribution in [0, 0.1) is 13.8 Å². The number of nitrogens with one attached hydrogen (secondary N) is 2. The molecule has 19 heavy (non-hydrogen) atoms. The number of carbonyl (C=O) groups excluding carboxylic acids is 1. The molecular weight excluding hydrogens is 285 g/mol. The lowest BCUT2D eigenvalue weighted by molar-refractivity contribution is -0.115. The fourth-order valence-electron chi connectivity index (χ4n) is 1.79. The lowest BCUT2D eigenvalue weighted by atomic mass is 10.1. The molecule has 0 aliphatic carbocycles. The molecule has 1 amide bonds. The minimum Gasteiger partial charge on any atom is -0.324 e. The Morgan fingerprint density at radius 1 is 1.37 bits per heavy atom. The van der Waals surface area contributed by atoms with Crippen LogP contribution in [0.15, 0.2) is 18.2 Å². The predicted octanol–water partition coefficient (Wildman–Crippen LogP) is 3.51. The summed E-state index contributed by atoms with van der Waals surface area (Å²) in [7, 11) is 0. The summed E-state index contributed by atoms with van der Waals surface area (Å²) in [6, 6.07) is 5.11. The molecule has 4 nitrogen and oxygen atoms in total. The van der Waals surface area contributed by atoms with Crippen LogP contribution >= 0.6 is 23.2 Å². The third-order valence-corrected chi connectivity index (χ3v) is 3.66. The second-order valence-corrected chi connectivity index (χ2v) is 5.02. The van der Waals surface area contributed by atoms with E-state index in [1.54, 1.807) is 18.2 Å². The molecule has 2 rings (SSSR count). The number of carbonyl (C=O) groups is 1. The standard InChI is InChI=1S/C13H13Cl2N3O/c1-7-9(8(2)18-17-7)6-12(19)16-11-5-3-4-10(14)13(11)15/h3-5H,6H2,1-2H3,(H,16,19)(H,17,18). The van der Waals surface area contributed by atoms with Crippen LogP contribution < -0.4 is 5.32 Å². The van der Waals surface area contributed by atoms with Crippen LogP contribution in [0.25, 0.3) is 0 Å². The number of benzene rings is 1. The van der Waals surface area contributed by atoms with Gasteiger partial charge < -0.3 is 5.32 Å². The van der Waals surface area contributed by atoms with Crippen LogP contribution in [0.1, 0.15) is 17.0 Å². The molecule has 0 saturated carbocycles. The van der Waals surface area contributed by atoms with Crippen LogP contribution in [-0.2, 0) is 11.2 Å². The molecular formula is C13H13Cl2N3O. The Hall–Kier alpha value is -1.52. The lowest BCUT2D eigenvalue weighted by Crippen LogP contribution is -2.15. The van der Waals surface area contributed by atoms with Crippen LogP contribution in [0.5, 0.6) is 0 Å². The van der Waals surface area contributed by atoms with E-state index in [2.05, 4.69) is 15.5 Å². The molecule has 1 heterocycles. The zero-order chi connectivity index (χ0) is 14.0. The topological polar surface area (TPSA) is 57.8 Å². The van der Waals surface area contributed by atoms with Gasteiger partial charge in [-0.05, 0) is 26.0 Å². The van der Waals surface area contributed by atoms with E-state index >= 15 is 0 Å². The zero-order valence-corrected chi connectivity index (χ0v) is 12.1. The summed E-state index contributed by atoms with van der Waals surface area (Å²) in [6.45, 7) is 3.74. The summed E-state index contributed by atoms with van der Waals surface area (Å²) in [4.78, 5) is 12.0. The smallest absolute Gasteiger partial charge is 0.228 e. The van der Waals surface area contributed by atoms with Gasteiger partial charge in [-0.25, -0.2) is 0 Å². The van der Waals surface area contributed by atoms with Gasteiger partial charge in [0.25, 0.3) is 0 Å². The Kier molecular flexibility index (Phi) is 4.12. The van der Waals surface area contributed by atoms with Gasteiger partial charge in [0.2, 0.25) is 5.91 Å². The van der Waals surface area contributed by atoms with E-state index in [0.29, 0.717) is 15.7 Å². The van der Waals surface area contributed by atoms with Gasteiger partial charge in [0.05, 0.1) is 27.8 Å². The minimum absolute atomic E-state index is 0.156. The number of hydrogen-bond donors (Lipinski definition) is 2. The van der Waals surface area contributed by atoms with Crippen molar-refractivity contribution in [2.45, 2.75) is 20.3 Å². The molecule has 1 aromatic carbocycles. The molecule has 0 aliphatic rings. The van der Waals surface area contributed by atoms with Gasteiger partial charge in [-0.1, -0.05) is 29.3 Å². The quantitative estimate of drug-likeness (QED) is 0.911. The molecule has 1 aromatic heterocycles. The van der Waals surface area contributed by atoms with E-state index in [0.717, 1.165) is 17.0 Å². The largest absolute Gasteiger partial charge is 0.324 e. The highest BCUT2D eigenvalue weighted by atomic mass is 35.5. The molecule has 0 spiro atoms. The Labute approximate surface area is 121 Å². The maximum Gasteiger partial charge on any atom is 0.228 e. The fraction of sp³-hybridized carbons (Fsp3) is 0.231. The first kappa shape index (κ1) is 13.9. The maximum absolute atomic E-state index is 12.0. The summed E-state index contributed by atoms with van der Waals surface area (Å²) in [6.07, 6.45) is 0.247. The average molecular weight is 298 g/mol. The van der Waals surface area contributed by atoms with Crippen LogP contribution in [0.3, 0.4) is 0 Å². The maximum atomic E-state index is 12.0. The van der Waals surface area contributed by atoms with Crippen LogP contribution in [0.4, 0.5) is 5.69 Å². The lowest BCUT2D eigenvalue weighted by Gasteiger charge is -2.08. The number of halogens is 2. The van der Waals surface area contributed by atoms with Gasteiger partial charge in [0.1, 0.15) is 0 Å². The van der Waals surface area contributed by atoms with Crippen molar-refractivity contribution in [1.82, 2.24) is 10.2 Å². The van der Waals surface area contributed by atoms with Gasteiger partial charge in [0, 0.05) is 11.3 Å².